The molecule has 6 heteroatoms. The third-order valence-electron chi connectivity index (χ3n) is 3.26. The number of amides is 1. The van der Waals surface area contributed by atoms with Crippen LogP contribution < -0.4 is 5.32 Å². The van der Waals surface area contributed by atoms with Crippen LogP contribution in [0.1, 0.15) is 23.0 Å². The van der Waals surface area contributed by atoms with Gasteiger partial charge in [0, 0.05) is 36.5 Å². The van der Waals surface area contributed by atoms with Crippen LogP contribution in [0.2, 0.25) is 0 Å². The normalized spacial score (nSPS) is 10.6. The van der Waals surface area contributed by atoms with Gasteiger partial charge in [0.15, 0.2) is 11.5 Å². The van der Waals surface area contributed by atoms with E-state index in [0.717, 1.165) is 17.7 Å². The fourth-order valence-electron chi connectivity index (χ4n) is 2.06. The van der Waals surface area contributed by atoms with Crippen LogP contribution in [0.15, 0.2) is 53.3 Å². The van der Waals surface area contributed by atoms with Gasteiger partial charge < -0.3 is 9.84 Å². The maximum Gasteiger partial charge on any atom is 0.273 e. The van der Waals surface area contributed by atoms with E-state index < -0.39 is 0 Å². The van der Waals surface area contributed by atoms with Crippen LogP contribution in [0, 0.1) is 0 Å². The van der Waals surface area contributed by atoms with E-state index >= 15 is 0 Å². The third kappa shape index (κ3) is 3.06. The highest BCUT2D eigenvalue weighted by Gasteiger charge is 2.13. The predicted octanol–water partition coefficient (Wildman–Crippen LogP) is 2.49. The lowest BCUT2D eigenvalue weighted by atomic mass is 10.1. The zero-order chi connectivity index (χ0) is 15.4. The van der Waals surface area contributed by atoms with E-state index in [9.17, 15) is 4.79 Å². The average Bonchev–Trinajstić information content (AvgIpc) is 3.22. The molecule has 0 saturated carbocycles. The van der Waals surface area contributed by atoms with Crippen LogP contribution in [0.3, 0.4) is 0 Å². The van der Waals surface area contributed by atoms with Crippen molar-refractivity contribution in [1.29, 1.82) is 0 Å². The molecule has 2 heterocycles. The topological polar surface area (TPSA) is 73.0 Å². The molecule has 0 fully saturated rings. The van der Waals surface area contributed by atoms with Gasteiger partial charge in [0.1, 0.15) is 0 Å². The summed E-state index contributed by atoms with van der Waals surface area (Å²) in [6.45, 7) is 3.22. The highest BCUT2D eigenvalue weighted by atomic mass is 16.5. The van der Waals surface area contributed by atoms with E-state index in [1.165, 1.54) is 0 Å². The van der Waals surface area contributed by atoms with Gasteiger partial charge in [-0.2, -0.15) is 5.10 Å². The minimum Gasteiger partial charge on any atom is -0.355 e. The highest BCUT2D eigenvalue weighted by molar-refractivity contribution is 5.93. The van der Waals surface area contributed by atoms with Crippen molar-refractivity contribution in [2.45, 2.75) is 20.0 Å². The first-order valence-electron chi connectivity index (χ1n) is 7.08. The zero-order valence-electron chi connectivity index (χ0n) is 12.2. The molecule has 3 aromatic rings. The van der Waals surface area contributed by atoms with Crippen molar-refractivity contribution in [1.82, 2.24) is 20.3 Å². The van der Waals surface area contributed by atoms with Crippen LogP contribution >= 0.6 is 0 Å². The molecular weight excluding hydrogens is 280 g/mol. The smallest absolute Gasteiger partial charge is 0.273 e. The number of aromatic nitrogens is 3. The first kappa shape index (κ1) is 14.1. The Bertz CT molecular complexity index is 761. The Morgan fingerprint density at radius 2 is 2.14 bits per heavy atom. The molecule has 0 aliphatic heterocycles. The number of carbonyl (C=O) groups excluding carboxylic acids is 1. The summed E-state index contributed by atoms with van der Waals surface area (Å²) in [5.41, 5.74) is 2.10. The molecular formula is C16H16N4O2. The second-order valence-corrected chi connectivity index (χ2v) is 4.83. The molecule has 0 saturated heterocycles. The molecule has 0 spiro atoms. The van der Waals surface area contributed by atoms with E-state index in [2.05, 4.69) is 15.6 Å². The van der Waals surface area contributed by atoms with Gasteiger partial charge in [0.2, 0.25) is 0 Å². The van der Waals surface area contributed by atoms with E-state index in [-0.39, 0.29) is 11.6 Å². The van der Waals surface area contributed by atoms with Crippen LogP contribution in [0.4, 0.5) is 0 Å². The summed E-state index contributed by atoms with van der Waals surface area (Å²) < 4.78 is 7.03. The number of rotatable bonds is 5. The summed E-state index contributed by atoms with van der Waals surface area (Å²) in [5.74, 6) is 0.305. The summed E-state index contributed by atoms with van der Waals surface area (Å²) in [4.78, 5) is 12.1. The van der Waals surface area contributed by atoms with Crippen molar-refractivity contribution in [3.05, 3.63) is 60.0 Å². The average molecular weight is 296 g/mol. The number of carbonyl (C=O) groups is 1. The van der Waals surface area contributed by atoms with E-state index in [1.807, 2.05) is 48.1 Å². The Balaban J connectivity index is 1.64. The molecule has 0 bridgehead atoms. The first-order chi connectivity index (χ1) is 10.8. The molecule has 112 valence electrons. The van der Waals surface area contributed by atoms with Crippen LogP contribution in [-0.2, 0) is 13.1 Å². The largest absolute Gasteiger partial charge is 0.355 e. The molecule has 0 radical (unpaired) electrons. The molecule has 0 unspecified atom stereocenters. The molecule has 1 aromatic carbocycles. The SMILES string of the molecule is CCn1cc(CNC(=O)c2cc(-c3ccccc3)on2)cn1. The van der Waals surface area contributed by atoms with Crippen molar-refractivity contribution in [3.8, 4) is 11.3 Å². The fraction of sp³-hybridized carbons (Fsp3) is 0.188. The molecule has 1 amide bonds. The third-order valence-corrected chi connectivity index (χ3v) is 3.26. The zero-order valence-corrected chi connectivity index (χ0v) is 12.2. The lowest BCUT2D eigenvalue weighted by Crippen LogP contribution is -2.22. The van der Waals surface area contributed by atoms with Gasteiger partial charge in [-0.05, 0) is 6.92 Å². The van der Waals surface area contributed by atoms with Gasteiger partial charge in [-0.25, -0.2) is 0 Å². The van der Waals surface area contributed by atoms with Crippen LogP contribution in [0.25, 0.3) is 11.3 Å². The van der Waals surface area contributed by atoms with Gasteiger partial charge >= 0.3 is 0 Å². The van der Waals surface area contributed by atoms with Gasteiger partial charge in [-0.3, -0.25) is 9.48 Å². The maximum absolute atomic E-state index is 12.1. The number of aryl methyl sites for hydroxylation is 1. The van der Waals surface area contributed by atoms with Gasteiger partial charge in [0.05, 0.1) is 6.20 Å². The molecule has 3 rings (SSSR count). The molecule has 1 N–H and O–H groups in total. The van der Waals surface area contributed by atoms with Crippen molar-refractivity contribution >= 4 is 5.91 Å². The fourth-order valence-corrected chi connectivity index (χ4v) is 2.06. The molecule has 0 aliphatic rings. The first-order valence-corrected chi connectivity index (χ1v) is 7.08. The highest BCUT2D eigenvalue weighted by Crippen LogP contribution is 2.19. The van der Waals surface area contributed by atoms with Crippen molar-refractivity contribution in [2.24, 2.45) is 0 Å². The number of benzene rings is 1. The molecule has 2 aromatic heterocycles. The number of hydrogen-bond donors (Lipinski definition) is 1. The van der Waals surface area contributed by atoms with E-state index in [4.69, 9.17) is 4.52 Å². The molecule has 6 nitrogen and oxygen atoms in total. The number of nitrogens with one attached hydrogen (secondary N) is 1. The lowest BCUT2D eigenvalue weighted by Gasteiger charge is -1.99. The standard InChI is InChI=1S/C16H16N4O2/c1-2-20-11-12(10-18-20)9-17-16(21)14-8-15(22-19-14)13-6-4-3-5-7-13/h3-8,10-11H,2,9H2,1H3,(H,17,21). The van der Waals surface area contributed by atoms with Crippen LogP contribution in [0.5, 0.6) is 0 Å². The summed E-state index contributed by atoms with van der Waals surface area (Å²) in [6.07, 6.45) is 3.64. The van der Waals surface area contributed by atoms with Gasteiger partial charge in [-0.15, -0.1) is 0 Å². The van der Waals surface area contributed by atoms with E-state index in [1.54, 1.807) is 12.3 Å². The minimum atomic E-state index is -0.268. The summed E-state index contributed by atoms with van der Waals surface area (Å²) >= 11 is 0. The Morgan fingerprint density at radius 1 is 1.32 bits per heavy atom. The van der Waals surface area contributed by atoms with Crippen LogP contribution in [-0.4, -0.2) is 20.8 Å². The summed E-state index contributed by atoms with van der Waals surface area (Å²) in [5, 5.41) is 10.8. The summed E-state index contributed by atoms with van der Waals surface area (Å²) in [7, 11) is 0. The monoisotopic (exact) mass is 296 g/mol. The molecule has 0 atom stereocenters. The van der Waals surface area contributed by atoms with Crippen molar-refractivity contribution in [2.75, 3.05) is 0 Å². The summed E-state index contributed by atoms with van der Waals surface area (Å²) in [6, 6.07) is 11.2. The van der Waals surface area contributed by atoms with Gasteiger partial charge in [-0.1, -0.05) is 35.5 Å². The molecule has 0 aliphatic carbocycles. The Labute approximate surface area is 127 Å². The van der Waals surface area contributed by atoms with Crippen molar-refractivity contribution in [3.63, 3.8) is 0 Å². The lowest BCUT2D eigenvalue weighted by molar-refractivity contribution is 0.0942. The number of hydrogen-bond acceptors (Lipinski definition) is 4. The van der Waals surface area contributed by atoms with Crippen molar-refractivity contribution < 1.29 is 9.32 Å². The maximum atomic E-state index is 12.1. The minimum absolute atomic E-state index is 0.265. The second kappa shape index (κ2) is 6.26. The van der Waals surface area contributed by atoms with Gasteiger partial charge in [0.25, 0.3) is 5.91 Å². The second-order valence-electron chi connectivity index (χ2n) is 4.83. The quantitative estimate of drug-likeness (QED) is 0.785. The Hall–Kier alpha value is -2.89. The predicted molar refractivity (Wildman–Crippen MR) is 81.0 cm³/mol. The number of nitrogens with zero attached hydrogens (tertiary/aromatic N) is 3. The van der Waals surface area contributed by atoms with E-state index in [0.29, 0.717) is 12.3 Å². The Morgan fingerprint density at radius 3 is 2.86 bits per heavy atom. The Kier molecular flexibility index (Phi) is 4.00. The molecule has 22 heavy (non-hydrogen) atoms.